The molecule has 1 saturated heterocycles. The minimum Gasteiger partial charge on any atom is -0.486 e. The van der Waals surface area contributed by atoms with Crippen LogP contribution in [0.2, 0.25) is 0 Å². The van der Waals surface area contributed by atoms with E-state index < -0.39 is 10.0 Å². The summed E-state index contributed by atoms with van der Waals surface area (Å²) in [6, 6.07) is 4.64. The van der Waals surface area contributed by atoms with E-state index in [1.807, 2.05) is 0 Å². The number of fused-ring (bicyclic) bond motifs is 1. The van der Waals surface area contributed by atoms with Gasteiger partial charge in [0.2, 0.25) is 10.0 Å². The van der Waals surface area contributed by atoms with Gasteiger partial charge < -0.3 is 19.3 Å². The molecule has 2 amide bonds. The fraction of sp³-hybridized carbons (Fsp3) is 0.588. The number of carbonyl (C=O) groups excluding carboxylic acids is 1. The Balaban J connectivity index is 1.55. The summed E-state index contributed by atoms with van der Waals surface area (Å²) in [5.74, 6) is 1.23. The van der Waals surface area contributed by atoms with Gasteiger partial charge in [0.25, 0.3) is 0 Å². The summed E-state index contributed by atoms with van der Waals surface area (Å²) in [5, 5.41) is 0. The van der Waals surface area contributed by atoms with Crippen LogP contribution in [0, 0.1) is 5.92 Å². The van der Waals surface area contributed by atoms with Gasteiger partial charge in [-0.3, -0.25) is 0 Å². The van der Waals surface area contributed by atoms with Crippen molar-refractivity contribution in [3.05, 3.63) is 18.2 Å². The Morgan fingerprint density at radius 1 is 1.19 bits per heavy atom. The minimum absolute atomic E-state index is 0.000286. The van der Waals surface area contributed by atoms with Crippen LogP contribution in [0.15, 0.2) is 23.1 Å². The van der Waals surface area contributed by atoms with Gasteiger partial charge in [-0.1, -0.05) is 0 Å². The lowest BCUT2D eigenvalue weighted by Gasteiger charge is -2.33. The second-order valence-corrected chi connectivity index (χ2v) is 8.53. The first-order valence-corrected chi connectivity index (χ1v) is 10.2. The first-order chi connectivity index (χ1) is 12.4. The van der Waals surface area contributed by atoms with Crippen LogP contribution in [0.1, 0.15) is 12.8 Å². The van der Waals surface area contributed by atoms with Crippen molar-refractivity contribution in [3.63, 3.8) is 0 Å². The summed E-state index contributed by atoms with van der Waals surface area (Å²) in [6.07, 6.45) is 1.56. The van der Waals surface area contributed by atoms with E-state index in [2.05, 4.69) is 4.72 Å². The SMILES string of the molecule is CN(C)C(=O)N1CCC(CNS(=O)(=O)c2ccc3c(c2)OCCO3)CC1. The molecule has 1 fully saturated rings. The first-order valence-electron chi connectivity index (χ1n) is 8.72. The number of piperidine rings is 1. The van der Waals surface area contributed by atoms with Gasteiger partial charge >= 0.3 is 6.03 Å². The zero-order valence-corrected chi connectivity index (χ0v) is 15.9. The van der Waals surface area contributed by atoms with Gasteiger partial charge in [-0.15, -0.1) is 0 Å². The number of benzene rings is 1. The standard InChI is InChI=1S/C17H25N3O5S/c1-19(2)17(21)20-7-5-13(6-8-20)12-18-26(22,23)14-3-4-15-16(11-14)25-10-9-24-15/h3-4,11,13,18H,5-10,12H2,1-2H3. The van der Waals surface area contributed by atoms with E-state index in [9.17, 15) is 13.2 Å². The highest BCUT2D eigenvalue weighted by Gasteiger charge is 2.26. The van der Waals surface area contributed by atoms with Crippen LogP contribution in [-0.2, 0) is 10.0 Å². The van der Waals surface area contributed by atoms with Gasteiger partial charge in [0.15, 0.2) is 11.5 Å². The molecule has 0 aromatic heterocycles. The van der Waals surface area contributed by atoms with Gasteiger partial charge in [0.1, 0.15) is 13.2 Å². The number of nitrogens with one attached hydrogen (secondary N) is 1. The normalized spacial score (nSPS) is 17.8. The molecule has 144 valence electrons. The van der Waals surface area contributed by atoms with Crippen molar-refractivity contribution >= 4 is 16.1 Å². The fourth-order valence-corrected chi connectivity index (χ4v) is 4.24. The second kappa shape index (κ2) is 7.71. The van der Waals surface area contributed by atoms with Crippen LogP contribution >= 0.6 is 0 Å². The lowest BCUT2D eigenvalue weighted by molar-refractivity contribution is 0.148. The molecular formula is C17H25N3O5S. The van der Waals surface area contributed by atoms with Gasteiger partial charge in [-0.25, -0.2) is 17.9 Å². The van der Waals surface area contributed by atoms with Crippen molar-refractivity contribution in [2.24, 2.45) is 5.92 Å². The number of hydrogen-bond acceptors (Lipinski definition) is 5. The molecule has 8 nitrogen and oxygen atoms in total. The third-order valence-electron chi connectivity index (χ3n) is 4.65. The molecule has 0 atom stereocenters. The number of carbonyl (C=O) groups is 1. The molecule has 26 heavy (non-hydrogen) atoms. The number of amides is 2. The Morgan fingerprint density at radius 3 is 2.50 bits per heavy atom. The number of nitrogens with zero attached hydrogens (tertiary/aromatic N) is 2. The van der Waals surface area contributed by atoms with E-state index in [1.165, 1.54) is 12.1 Å². The fourth-order valence-electron chi connectivity index (χ4n) is 3.11. The maximum Gasteiger partial charge on any atom is 0.319 e. The summed E-state index contributed by atoms with van der Waals surface area (Å²) in [7, 11) is -0.147. The first kappa shape index (κ1) is 18.8. The molecule has 2 aliphatic rings. The van der Waals surface area contributed by atoms with E-state index in [-0.39, 0.29) is 16.8 Å². The molecule has 0 aliphatic carbocycles. The number of ether oxygens (including phenoxy) is 2. The maximum absolute atomic E-state index is 12.5. The number of likely N-dealkylation sites (tertiary alicyclic amines) is 1. The topological polar surface area (TPSA) is 88.2 Å². The van der Waals surface area contributed by atoms with Crippen LogP contribution < -0.4 is 14.2 Å². The molecule has 0 radical (unpaired) electrons. The molecule has 0 spiro atoms. The highest BCUT2D eigenvalue weighted by Crippen LogP contribution is 2.32. The number of rotatable bonds is 4. The average Bonchev–Trinajstić information content (AvgIpc) is 2.65. The summed E-state index contributed by atoms with van der Waals surface area (Å²) in [6.45, 7) is 2.53. The maximum atomic E-state index is 12.5. The molecule has 1 aromatic carbocycles. The van der Waals surface area contributed by atoms with E-state index >= 15 is 0 Å². The van der Waals surface area contributed by atoms with E-state index in [0.717, 1.165) is 12.8 Å². The Kier molecular flexibility index (Phi) is 5.57. The highest BCUT2D eigenvalue weighted by atomic mass is 32.2. The predicted molar refractivity (Wildman–Crippen MR) is 96.0 cm³/mol. The van der Waals surface area contributed by atoms with Gasteiger partial charge in [0.05, 0.1) is 4.90 Å². The minimum atomic E-state index is -3.61. The molecule has 2 heterocycles. The van der Waals surface area contributed by atoms with Crippen LogP contribution in [0.3, 0.4) is 0 Å². The van der Waals surface area contributed by atoms with Gasteiger partial charge in [-0.2, -0.15) is 0 Å². The highest BCUT2D eigenvalue weighted by molar-refractivity contribution is 7.89. The molecule has 0 unspecified atom stereocenters. The van der Waals surface area contributed by atoms with Crippen molar-refractivity contribution in [3.8, 4) is 11.5 Å². The Labute approximate surface area is 154 Å². The number of urea groups is 1. The number of hydrogen-bond donors (Lipinski definition) is 1. The molecule has 2 aliphatic heterocycles. The Bertz CT molecular complexity index is 758. The van der Waals surface area contributed by atoms with Crippen molar-refractivity contribution < 1.29 is 22.7 Å². The lowest BCUT2D eigenvalue weighted by Crippen LogP contribution is -2.45. The molecule has 0 saturated carbocycles. The van der Waals surface area contributed by atoms with Crippen molar-refractivity contribution in [2.45, 2.75) is 17.7 Å². The lowest BCUT2D eigenvalue weighted by atomic mass is 9.97. The summed E-state index contributed by atoms with van der Waals surface area (Å²) in [5.41, 5.74) is 0. The molecule has 1 aromatic rings. The quantitative estimate of drug-likeness (QED) is 0.842. The molecule has 0 bridgehead atoms. The monoisotopic (exact) mass is 383 g/mol. The number of sulfonamides is 1. The van der Waals surface area contributed by atoms with E-state index in [4.69, 9.17) is 9.47 Å². The predicted octanol–water partition coefficient (Wildman–Crippen LogP) is 1.13. The molecule has 9 heteroatoms. The Hall–Kier alpha value is -2.00. The van der Waals surface area contributed by atoms with Gasteiger partial charge in [0, 0.05) is 39.8 Å². The van der Waals surface area contributed by atoms with Crippen LogP contribution in [0.4, 0.5) is 4.79 Å². The van der Waals surface area contributed by atoms with Crippen molar-refractivity contribution in [2.75, 3.05) is 46.9 Å². The third-order valence-corrected chi connectivity index (χ3v) is 6.07. The van der Waals surface area contributed by atoms with Crippen LogP contribution in [0.5, 0.6) is 11.5 Å². The summed E-state index contributed by atoms with van der Waals surface area (Å²) < 4.78 is 38.6. The smallest absolute Gasteiger partial charge is 0.319 e. The van der Waals surface area contributed by atoms with E-state index in [0.29, 0.717) is 44.3 Å². The Morgan fingerprint density at radius 2 is 1.85 bits per heavy atom. The van der Waals surface area contributed by atoms with Crippen LogP contribution in [-0.4, -0.2) is 71.2 Å². The summed E-state index contributed by atoms with van der Waals surface area (Å²) in [4.78, 5) is 15.5. The molecular weight excluding hydrogens is 358 g/mol. The van der Waals surface area contributed by atoms with E-state index in [1.54, 1.807) is 30.0 Å². The van der Waals surface area contributed by atoms with Crippen molar-refractivity contribution in [1.82, 2.24) is 14.5 Å². The summed E-state index contributed by atoms with van der Waals surface area (Å²) >= 11 is 0. The zero-order valence-electron chi connectivity index (χ0n) is 15.1. The largest absolute Gasteiger partial charge is 0.486 e. The third kappa shape index (κ3) is 4.21. The van der Waals surface area contributed by atoms with Gasteiger partial charge in [-0.05, 0) is 30.9 Å². The van der Waals surface area contributed by atoms with Crippen molar-refractivity contribution in [1.29, 1.82) is 0 Å². The average molecular weight is 383 g/mol. The molecule has 1 N–H and O–H groups in total. The second-order valence-electron chi connectivity index (χ2n) is 6.76. The van der Waals surface area contributed by atoms with Crippen LogP contribution in [0.25, 0.3) is 0 Å². The molecule has 3 rings (SSSR count). The zero-order chi connectivity index (χ0) is 18.7.